The summed E-state index contributed by atoms with van der Waals surface area (Å²) in [6.45, 7) is 0. The monoisotopic (exact) mass is 416 g/mol. The first-order valence-electron chi connectivity index (χ1n) is 8.09. The van der Waals surface area contributed by atoms with E-state index in [1.54, 1.807) is 0 Å². The van der Waals surface area contributed by atoms with Gasteiger partial charge in [0, 0.05) is 17.1 Å². The number of anilines is 3. The van der Waals surface area contributed by atoms with Crippen molar-refractivity contribution in [1.29, 1.82) is 0 Å². The number of nitrogens with zero attached hydrogens (tertiary/aromatic N) is 4. The molecule has 0 aromatic heterocycles. The van der Waals surface area contributed by atoms with Crippen molar-refractivity contribution >= 4 is 86.3 Å². The van der Waals surface area contributed by atoms with Crippen molar-refractivity contribution < 1.29 is 0 Å². The van der Waals surface area contributed by atoms with E-state index in [0.717, 1.165) is 34.1 Å². The summed E-state index contributed by atoms with van der Waals surface area (Å²) >= 11 is 14.0. The van der Waals surface area contributed by atoms with Gasteiger partial charge in [0.2, 0.25) is 0 Å². The standard InChI is InChI=1S/C21H12N4S3/c26-13-22-16-1-7-19(8-2-16)25(20-9-3-17(4-10-20)23-14-27)21-11-5-18(6-12-21)24-15-28/h1-12H. The van der Waals surface area contributed by atoms with Crippen LogP contribution in [0.3, 0.4) is 0 Å². The molecule has 7 heteroatoms. The molecular formula is C21H12N4S3. The molecule has 3 aromatic carbocycles. The molecule has 134 valence electrons. The van der Waals surface area contributed by atoms with Crippen LogP contribution in [0.4, 0.5) is 34.1 Å². The number of isothiocyanates is 3. The van der Waals surface area contributed by atoms with Crippen LogP contribution in [0, 0.1) is 0 Å². The summed E-state index contributed by atoms with van der Waals surface area (Å²) in [5.74, 6) is 0. The van der Waals surface area contributed by atoms with Crippen molar-refractivity contribution in [1.82, 2.24) is 0 Å². The molecule has 0 bridgehead atoms. The molecule has 0 spiro atoms. The SMILES string of the molecule is S=C=Nc1ccc(N(c2ccc(N=C=S)cc2)c2ccc(N=C=S)cc2)cc1. The predicted octanol–water partition coefficient (Wildman–Crippen LogP) is 7.36. The lowest BCUT2D eigenvalue weighted by Crippen LogP contribution is -2.09. The molecule has 3 rings (SSSR count). The average Bonchev–Trinajstić information content (AvgIpc) is 2.73. The molecule has 0 aliphatic rings. The maximum atomic E-state index is 4.67. The average molecular weight is 417 g/mol. The highest BCUT2D eigenvalue weighted by Gasteiger charge is 2.12. The summed E-state index contributed by atoms with van der Waals surface area (Å²) < 4.78 is 0. The first-order chi connectivity index (χ1) is 13.7. The zero-order valence-electron chi connectivity index (χ0n) is 14.4. The maximum Gasteiger partial charge on any atom is 0.0741 e. The Morgan fingerprint density at radius 1 is 0.464 bits per heavy atom. The highest BCUT2D eigenvalue weighted by Crippen LogP contribution is 2.36. The lowest BCUT2D eigenvalue weighted by atomic mass is 10.1. The molecule has 0 aliphatic heterocycles. The molecule has 3 aromatic rings. The predicted molar refractivity (Wildman–Crippen MR) is 125 cm³/mol. The Balaban J connectivity index is 2.07. The molecule has 0 fully saturated rings. The van der Waals surface area contributed by atoms with Crippen molar-refractivity contribution in [2.75, 3.05) is 4.90 Å². The van der Waals surface area contributed by atoms with E-state index in [9.17, 15) is 0 Å². The summed E-state index contributed by atoms with van der Waals surface area (Å²) in [5.41, 5.74) is 5.11. The highest BCUT2D eigenvalue weighted by atomic mass is 32.1. The minimum absolute atomic E-state index is 0.745. The Kier molecular flexibility index (Phi) is 6.79. The van der Waals surface area contributed by atoms with Crippen molar-refractivity contribution in [2.24, 2.45) is 15.0 Å². The second-order valence-electron chi connectivity index (χ2n) is 5.49. The van der Waals surface area contributed by atoms with E-state index in [-0.39, 0.29) is 0 Å². The summed E-state index contributed by atoms with van der Waals surface area (Å²) in [5, 5.41) is 7.13. The minimum atomic E-state index is 0.745. The number of benzene rings is 3. The summed E-state index contributed by atoms with van der Waals surface area (Å²) in [4.78, 5) is 14.1. The minimum Gasteiger partial charge on any atom is -0.310 e. The number of thiocarbonyl (C=S) groups is 3. The molecule has 0 saturated carbocycles. The fourth-order valence-electron chi connectivity index (χ4n) is 2.63. The third-order valence-corrected chi connectivity index (χ3v) is 4.12. The number of aliphatic imine (C=N–C) groups is 3. The van der Waals surface area contributed by atoms with Crippen LogP contribution in [0.5, 0.6) is 0 Å². The van der Waals surface area contributed by atoms with Crippen LogP contribution in [-0.2, 0) is 0 Å². The van der Waals surface area contributed by atoms with E-state index < -0.39 is 0 Å². The van der Waals surface area contributed by atoms with Crippen LogP contribution in [0.25, 0.3) is 0 Å². The maximum absolute atomic E-state index is 4.67. The summed E-state index contributed by atoms with van der Waals surface area (Å²) in [7, 11) is 0. The van der Waals surface area contributed by atoms with Gasteiger partial charge in [-0.3, -0.25) is 0 Å². The van der Waals surface area contributed by atoms with Crippen LogP contribution >= 0.6 is 36.7 Å². The van der Waals surface area contributed by atoms with Crippen molar-refractivity contribution in [2.45, 2.75) is 0 Å². The molecule has 0 unspecified atom stereocenters. The molecule has 0 N–H and O–H groups in total. The van der Waals surface area contributed by atoms with Gasteiger partial charge >= 0.3 is 0 Å². The Hall–Kier alpha value is -3.14. The smallest absolute Gasteiger partial charge is 0.0741 e. The van der Waals surface area contributed by atoms with Gasteiger partial charge < -0.3 is 4.90 Å². The van der Waals surface area contributed by atoms with Crippen molar-refractivity contribution in [3.8, 4) is 0 Å². The topological polar surface area (TPSA) is 40.3 Å². The molecule has 4 nitrogen and oxygen atoms in total. The molecule has 28 heavy (non-hydrogen) atoms. The second-order valence-corrected chi connectivity index (χ2v) is 6.04. The van der Waals surface area contributed by atoms with Gasteiger partial charge in [-0.15, -0.1) is 0 Å². The number of rotatable bonds is 6. The third-order valence-electron chi connectivity index (χ3n) is 3.85. The largest absolute Gasteiger partial charge is 0.310 e. The molecule has 0 radical (unpaired) electrons. The van der Waals surface area contributed by atoms with Gasteiger partial charge in [-0.25, -0.2) is 0 Å². The Bertz CT molecular complexity index is 958. The van der Waals surface area contributed by atoms with Crippen molar-refractivity contribution in [3.05, 3.63) is 72.8 Å². The zero-order valence-corrected chi connectivity index (χ0v) is 16.9. The van der Waals surface area contributed by atoms with E-state index in [1.165, 1.54) is 0 Å². The van der Waals surface area contributed by atoms with E-state index in [0.29, 0.717) is 0 Å². The lowest BCUT2D eigenvalue weighted by molar-refractivity contribution is 1.28. The highest BCUT2D eigenvalue weighted by molar-refractivity contribution is 7.78. The van der Waals surface area contributed by atoms with E-state index in [4.69, 9.17) is 0 Å². The van der Waals surface area contributed by atoms with E-state index in [1.807, 2.05) is 72.8 Å². The molecule has 0 atom stereocenters. The van der Waals surface area contributed by atoms with Gasteiger partial charge in [-0.1, -0.05) is 0 Å². The van der Waals surface area contributed by atoms with E-state index in [2.05, 4.69) is 72.0 Å². The number of hydrogen-bond acceptors (Lipinski definition) is 7. The van der Waals surface area contributed by atoms with Crippen LogP contribution in [0.1, 0.15) is 0 Å². The Morgan fingerprint density at radius 3 is 0.929 bits per heavy atom. The summed E-state index contributed by atoms with van der Waals surface area (Å²) in [6.07, 6.45) is 0. The Labute approximate surface area is 178 Å². The van der Waals surface area contributed by atoms with Gasteiger partial charge in [-0.05, 0) is 109 Å². The van der Waals surface area contributed by atoms with Crippen molar-refractivity contribution in [3.63, 3.8) is 0 Å². The summed E-state index contributed by atoms with van der Waals surface area (Å²) in [6, 6.07) is 23.1. The third kappa shape index (κ3) is 4.77. The fourth-order valence-corrected chi connectivity index (χ4v) is 2.95. The van der Waals surface area contributed by atoms with Gasteiger partial charge in [-0.2, -0.15) is 15.0 Å². The van der Waals surface area contributed by atoms with Crippen LogP contribution < -0.4 is 4.90 Å². The van der Waals surface area contributed by atoms with E-state index >= 15 is 0 Å². The van der Waals surface area contributed by atoms with Gasteiger partial charge in [0.05, 0.1) is 32.5 Å². The van der Waals surface area contributed by atoms with Gasteiger partial charge in [0.1, 0.15) is 0 Å². The van der Waals surface area contributed by atoms with Gasteiger partial charge in [0.25, 0.3) is 0 Å². The fraction of sp³-hybridized carbons (Fsp3) is 0. The molecule has 0 aliphatic carbocycles. The van der Waals surface area contributed by atoms with Crippen LogP contribution in [0.2, 0.25) is 0 Å². The molecule has 0 amide bonds. The first kappa shape index (κ1) is 19.6. The normalized spacial score (nSPS) is 9.43. The molecular weight excluding hydrogens is 404 g/mol. The molecule has 0 saturated heterocycles. The molecule has 0 heterocycles. The Morgan fingerprint density at radius 2 is 0.714 bits per heavy atom. The lowest BCUT2D eigenvalue weighted by Gasteiger charge is -2.25. The van der Waals surface area contributed by atoms with Gasteiger partial charge in [0.15, 0.2) is 0 Å². The van der Waals surface area contributed by atoms with Crippen LogP contribution in [0.15, 0.2) is 87.8 Å². The van der Waals surface area contributed by atoms with Crippen LogP contribution in [-0.4, -0.2) is 15.5 Å². The zero-order chi connectivity index (χ0) is 19.8. The second kappa shape index (κ2) is 9.70. The first-order valence-corrected chi connectivity index (χ1v) is 9.31. The quantitative estimate of drug-likeness (QED) is 0.311. The number of hydrogen-bond donors (Lipinski definition) is 0.